The Hall–Kier alpha value is -1.03. The number of carbonyl (C=O) groups is 2. The molecular weight excluding hydrogens is 541 g/mol. The monoisotopic (exact) mass is 549 g/mol. The zero-order chi connectivity index (χ0) is 18.1. The van der Waals surface area contributed by atoms with E-state index in [0.717, 1.165) is 22.9 Å². The molecule has 0 unspecified atom stereocenters. The van der Waals surface area contributed by atoms with Gasteiger partial charge in [0.05, 0.1) is 19.5 Å². The third kappa shape index (κ3) is 4.21. The number of imide groups is 1. The van der Waals surface area contributed by atoms with Crippen LogP contribution in [0.2, 0.25) is 5.02 Å². The highest BCUT2D eigenvalue weighted by Gasteiger charge is 2.35. The van der Waals surface area contributed by atoms with Gasteiger partial charge in [-0.25, -0.2) is 0 Å². The fourth-order valence-corrected chi connectivity index (χ4v) is 4.69. The number of halogens is 3. The van der Waals surface area contributed by atoms with Gasteiger partial charge in [-0.05, 0) is 91.8 Å². The first-order valence-electron chi connectivity index (χ1n) is 7.03. The summed E-state index contributed by atoms with van der Waals surface area (Å²) in [6, 6.07) is 10.5. The average molecular weight is 551 g/mol. The van der Waals surface area contributed by atoms with E-state index in [0.29, 0.717) is 18.0 Å². The molecule has 128 valence electrons. The number of rotatable bonds is 3. The van der Waals surface area contributed by atoms with Gasteiger partial charge in [0.2, 0.25) is 0 Å². The minimum atomic E-state index is -0.329. The molecule has 25 heavy (non-hydrogen) atoms. The summed E-state index contributed by atoms with van der Waals surface area (Å²) >= 11 is 12.0. The molecule has 1 saturated heterocycles. The maximum absolute atomic E-state index is 12.6. The Kier molecular flexibility index (Phi) is 5.77. The van der Waals surface area contributed by atoms with Crippen LogP contribution in [0.4, 0.5) is 4.79 Å². The number of carbonyl (C=O) groups excluding carboxylic acids is 2. The first-order chi connectivity index (χ1) is 11.8. The summed E-state index contributed by atoms with van der Waals surface area (Å²) in [6.07, 6.45) is 1.65. The quantitative estimate of drug-likeness (QED) is 0.397. The molecular formula is C17H10BrClINO3S. The van der Waals surface area contributed by atoms with Crippen molar-refractivity contribution < 1.29 is 14.7 Å². The second-order valence-corrected chi connectivity index (χ2v) is 8.67. The molecule has 0 radical (unpaired) electrons. The molecule has 2 aromatic carbocycles. The van der Waals surface area contributed by atoms with Crippen molar-refractivity contribution in [3.8, 4) is 5.75 Å². The molecule has 4 nitrogen and oxygen atoms in total. The van der Waals surface area contributed by atoms with Gasteiger partial charge in [-0.1, -0.05) is 23.7 Å². The molecule has 1 N–H and O–H groups in total. The average Bonchev–Trinajstić information content (AvgIpc) is 2.82. The van der Waals surface area contributed by atoms with Crippen molar-refractivity contribution in [3.63, 3.8) is 0 Å². The maximum Gasteiger partial charge on any atom is 0.293 e. The molecule has 2 aromatic rings. The lowest BCUT2D eigenvalue weighted by Gasteiger charge is -2.12. The van der Waals surface area contributed by atoms with Crippen molar-refractivity contribution in [2.75, 3.05) is 0 Å². The van der Waals surface area contributed by atoms with Crippen molar-refractivity contribution in [1.29, 1.82) is 0 Å². The molecule has 0 aromatic heterocycles. The molecule has 8 heteroatoms. The number of hydrogen-bond acceptors (Lipinski definition) is 4. The van der Waals surface area contributed by atoms with Crippen LogP contribution in [-0.2, 0) is 11.3 Å². The molecule has 2 amide bonds. The number of phenolic OH excluding ortho intramolecular Hbond substituents is 1. The normalized spacial score (nSPS) is 16.1. The van der Waals surface area contributed by atoms with Gasteiger partial charge in [0.25, 0.3) is 11.1 Å². The van der Waals surface area contributed by atoms with E-state index in [4.69, 9.17) is 11.6 Å². The molecule has 0 spiro atoms. The van der Waals surface area contributed by atoms with Gasteiger partial charge in [-0.2, -0.15) is 0 Å². The van der Waals surface area contributed by atoms with Crippen molar-refractivity contribution in [2.24, 2.45) is 0 Å². The van der Waals surface area contributed by atoms with E-state index >= 15 is 0 Å². The van der Waals surface area contributed by atoms with Crippen LogP contribution < -0.4 is 0 Å². The molecule has 0 aliphatic carbocycles. The van der Waals surface area contributed by atoms with Crippen molar-refractivity contribution in [3.05, 3.63) is 65.5 Å². The summed E-state index contributed by atoms with van der Waals surface area (Å²) in [5.74, 6) is -0.183. The van der Waals surface area contributed by atoms with Gasteiger partial charge in [-0.3, -0.25) is 14.5 Å². The van der Waals surface area contributed by atoms with Gasteiger partial charge >= 0.3 is 0 Å². The van der Waals surface area contributed by atoms with Gasteiger partial charge in [0.1, 0.15) is 5.75 Å². The molecule has 1 heterocycles. The molecule has 1 aliphatic rings. The second-order valence-electron chi connectivity index (χ2n) is 5.23. The van der Waals surface area contributed by atoms with E-state index in [9.17, 15) is 14.7 Å². The maximum atomic E-state index is 12.6. The van der Waals surface area contributed by atoms with Gasteiger partial charge in [0.15, 0.2) is 0 Å². The van der Waals surface area contributed by atoms with Crippen LogP contribution in [0.5, 0.6) is 5.75 Å². The van der Waals surface area contributed by atoms with Crippen molar-refractivity contribution in [2.45, 2.75) is 6.54 Å². The molecule has 0 atom stereocenters. The summed E-state index contributed by atoms with van der Waals surface area (Å²) in [7, 11) is 0. The summed E-state index contributed by atoms with van der Waals surface area (Å²) in [6.45, 7) is 0.204. The summed E-state index contributed by atoms with van der Waals surface area (Å²) < 4.78 is 1.18. The third-order valence-electron chi connectivity index (χ3n) is 3.46. The van der Waals surface area contributed by atoms with Crippen LogP contribution in [-0.4, -0.2) is 21.2 Å². The number of phenols is 1. The molecule has 0 bridgehead atoms. The Morgan fingerprint density at radius 3 is 2.56 bits per heavy atom. The van der Waals surface area contributed by atoms with E-state index in [2.05, 4.69) is 15.9 Å². The fourth-order valence-electron chi connectivity index (χ4n) is 2.23. The standard InChI is InChI=1S/C17H10BrClINO3S/c18-12-5-10(6-13(20)15(12)22)7-14-16(23)21(17(24)25-14)8-9-1-3-11(19)4-2-9/h1-7,22H,8H2/b14-7+. The third-order valence-corrected chi connectivity index (χ3v) is 6.05. The number of hydrogen-bond donors (Lipinski definition) is 1. The lowest BCUT2D eigenvalue weighted by molar-refractivity contribution is -0.123. The van der Waals surface area contributed by atoms with E-state index in [-0.39, 0.29) is 23.4 Å². The van der Waals surface area contributed by atoms with Crippen LogP contribution in [0.15, 0.2) is 45.8 Å². The fraction of sp³-hybridized carbons (Fsp3) is 0.0588. The Morgan fingerprint density at radius 2 is 1.92 bits per heavy atom. The predicted octanol–water partition coefficient (Wildman–Crippen LogP) is 5.65. The van der Waals surface area contributed by atoms with Crippen LogP contribution in [0, 0.1) is 3.57 Å². The lowest BCUT2D eigenvalue weighted by Crippen LogP contribution is -2.27. The molecule has 1 fully saturated rings. The zero-order valence-electron chi connectivity index (χ0n) is 12.5. The first kappa shape index (κ1) is 18.8. The summed E-state index contributed by atoms with van der Waals surface area (Å²) in [5, 5.41) is 10.1. The largest absolute Gasteiger partial charge is 0.506 e. The molecule has 1 aliphatic heterocycles. The van der Waals surface area contributed by atoms with Crippen molar-refractivity contribution in [1.82, 2.24) is 4.90 Å². The summed E-state index contributed by atoms with van der Waals surface area (Å²) in [4.78, 5) is 26.3. The van der Waals surface area contributed by atoms with Crippen LogP contribution in [0.1, 0.15) is 11.1 Å². The van der Waals surface area contributed by atoms with Crippen LogP contribution in [0.3, 0.4) is 0 Å². The topological polar surface area (TPSA) is 57.6 Å². The van der Waals surface area contributed by atoms with Crippen LogP contribution >= 0.6 is 61.9 Å². The van der Waals surface area contributed by atoms with Gasteiger partial charge < -0.3 is 5.11 Å². The number of thioether (sulfide) groups is 1. The van der Waals surface area contributed by atoms with Gasteiger partial charge in [-0.15, -0.1) is 0 Å². The highest BCUT2D eigenvalue weighted by atomic mass is 127. The zero-order valence-corrected chi connectivity index (χ0v) is 17.8. The highest BCUT2D eigenvalue weighted by Crippen LogP contribution is 2.36. The van der Waals surface area contributed by atoms with Crippen molar-refractivity contribution >= 4 is 79.1 Å². The van der Waals surface area contributed by atoms with Gasteiger partial charge in [0, 0.05) is 5.02 Å². The lowest BCUT2D eigenvalue weighted by atomic mass is 10.2. The highest BCUT2D eigenvalue weighted by molar-refractivity contribution is 14.1. The molecule has 0 saturated carbocycles. The van der Waals surface area contributed by atoms with E-state index < -0.39 is 0 Å². The Morgan fingerprint density at radius 1 is 1.24 bits per heavy atom. The first-order valence-corrected chi connectivity index (χ1v) is 10.1. The Labute approximate surface area is 175 Å². The predicted molar refractivity (Wildman–Crippen MR) is 111 cm³/mol. The minimum Gasteiger partial charge on any atom is -0.506 e. The number of benzene rings is 2. The van der Waals surface area contributed by atoms with E-state index in [1.807, 2.05) is 22.6 Å². The van der Waals surface area contributed by atoms with E-state index in [1.54, 1.807) is 42.5 Å². The number of aromatic hydroxyl groups is 1. The SMILES string of the molecule is O=C1S/C(=C/c2cc(Br)c(O)c(I)c2)C(=O)N1Cc1ccc(Cl)cc1. The number of nitrogens with zero attached hydrogens (tertiary/aromatic N) is 1. The number of amides is 2. The molecule has 3 rings (SSSR count). The summed E-state index contributed by atoms with van der Waals surface area (Å²) in [5.41, 5.74) is 1.56. The minimum absolute atomic E-state index is 0.147. The van der Waals surface area contributed by atoms with Crippen LogP contribution in [0.25, 0.3) is 6.08 Å². The smallest absolute Gasteiger partial charge is 0.293 e. The Balaban J connectivity index is 1.84. The van der Waals surface area contributed by atoms with E-state index in [1.165, 1.54) is 4.90 Å². The Bertz CT molecular complexity index is 878. The second kappa shape index (κ2) is 7.69.